The van der Waals surface area contributed by atoms with Gasteiger partial charge in [0.1, 0.15) is 5.72 Å². The molecule has 3 aromatic carbocycles. The lowest BCUT2D eigenvalue weighted by Gasteiger charge is -2.45. The number of carbonyl (C=O) groups is 1. The van der Waals surface area contributed by atoms with Gasteiger partial charge in [-0.1, -0.05) is 36.4 Å². The van der Waals surface area contributed by atoms with E-state index in [0.29, 0.717) is 11.8 Å². The van der Waals surface area contributed by atoms with Gasteiger partial charge in [-0.25, -0.2) is 0 Å². The zero-order valence-corrected chi connectivity index (χ0v) is 22.0. The molecule has 0 bridgehead atoms. The first-order valence-corrected chi connectivity index (χ1v) is 13.1. The van der Waals surface area contributed by atoms with Crippen LogP contribution in [0.2, 0.25) is 0 Å². The Bertz CT molecular complexity index is 1460. The lowest BCUT2D eigenvalue weighted by atomic mass is 9.76. The molecule has 1 aromatic heterocycles. The summed E-state index contributed by atoms with van der Waals surface area (Å²) in [4.78, 5) is 13.8. The molecule has 0 saturated carbocycles. The fourth-order valence-electron chi connectivity index (χ4n) is 5.85. The molecule has 6 rings (SSSR count). The minimum atomic E-state index is -0.332. The molecule has 7 heteroatoms. The Kier molecular flexibility index (Phi) is 6.13. The summed E-state index contributed by atoms with van der Waals surface area (Å²) in [6.45, 7) is 7.42. The summed E-state index contributed by atoms with van der Waals surface area (Å²) < 4.78 is 12.5. The normalized spacial score (nSPS) is 20.4. The summed E-state index contributed by atoms with van der Waals surface area (Å²) in [6, 6.07) is 24.5. The second-order valence-electron chi connectivity index (χ2n) is 10.9. The van der Waals surface area contributed by atoms with Gasteiger partial charge in [0.05, 0.1) is 12.1 Å². The number of nitrogens with zero attached hydrogens (tertiary/aromatic N) is 3. The van der Waals surface area contributed by atoms with Gasteiger partial charge in [-0.15, -0.1) is 10.2 Å². The molecule has 194 valence electrons. The summed E-state index contributed by atoms with van der Waals surface area (Å²) in [5.74, 6) is 0.837. The predicted molar refractivity (Wildman–Crippen MR) is 146 cm³/mol. The van der Waals surface area contributed by atoms with Crippen molar-refractivity contribution in [2.24, 2.45) is 0 Å². The highest BCUT2D eigenvalue weighted by molar-refractivity contribution is 5.88. The van der Waals surface area contributed by atoms with Crippen molar-refractivity contribution in [3.63, 3.8) is 0 Å². The van der Waals surface area contributed by atoms with Crippen molar-refractivity contribution in [1.82, 2.24) is 15.1 Å². The molecule has 1 fully saturated rings. The number of rotatable bonds is 5. The Balaban J connectivity index is 1.25. The van der Waals surface area contributed by atoms with E-state index < -0.39 is 0 Å². The quantitative estimate of drug-likeness (QED) is 0.364. The number of aryl methyl sites for hydroxylation is 1. The molecule has 1 aliphatic carbocycles. The van der Waals surface area contributed by atoms with E-state index in [4.69, 9.17) is 9.15 Å². The minimum Gasteiger partial charge on any atom is -0.416 e. The van der Waals surface area contributed by atoms with Crippen molar-refractivity contribution in [2.75, 3.05) is 11.9 Å². The molecule has 7 nitrogen and oxygen atoms in total. The highest BCUT2D eigenvalue weighted by atomic mass is 16.5. The van der Waals surface area contributed by atoms with Crippen molar-refractivity contribution in [3.8, 4) is 22.9 Å². The molecule has 1 spiro atoms. The Hall–Kier alpha value is -3.81. The summed E-state index contributed by atoms with van der Waals surface area (Å²) >= 11 is 0. The van der Waals surface area contributed by atoms with Crippen LogP contribution in [0.5, 0.6) is 0 Å². The topological polar surface area (TPSA) is 80.5 Å². The summed E-state index contributed by atoms with van der Waals surface area (Å²) in [5.41, 5.74) is 6.05. The number of hydrogen-bond acceptors (Lipinski definition) is 6. The smallest absolute Gasteiger partial charge is 0.248 e. The average molecular weight is 509 g/mol. The van der Waals surface area contributed by atoms with Crippen LogP contribution < -0.4 is 5.32 Å². The maximum Gasteiger partial charge on any atom is 0.248 e. The maximum absolute atomic E-state index is 11.3. The third-order valence-corrected chi connectivity index (χ3v) is 7.81. The van der Waals surface area contributed by atoms with Gasteiger partial charge in [0.25, 0.3) is 0 Å². The maximum atomic E-state index is 11.3. The van der Waals surface area contributed by atoms with Crippen LogP contribution in [0, 0.1) is 0 Å². The highest BCUT2D eigenvalue weighted by Crippen LogP contribution is 2.44. The largest absolute Gasteiger partial charge is 0.416 e. The summed E-state index contributed by atoms with van der Waals surface area (Å²) in [6.07, 6.45) is 2.99. The lowest BCUT2D eigenvalue weighted by molar-refractivity contribution is -0.114. The van der Waals surface area contributed by atoms with Gasteiger partial charge in [0.15, 0.2) is 0 Å². The number of anilines is 1. The molecule has 0 radical (unpaired) electrons. The first kappa shape index (κ1) is 24.5. The predicted octanol–water partition coefficient (Wildman–Crippen LogP) is 5.86. The number of hydrogen-bond donors (Lipinski definition) is 1. The monoisotopic (exact) mass is 508 g/mol. The van der Waals surface area contributed by atoms with E-state index in [9.17, 15) is 4.79 Å². The van der Waals surface area contributed by atoms with Crippen LogP contribution >= 0.6 is 0 Å². The minimum absolute atomic E-state index is 0.0549. The van der Waals surface area contributed by atoms with Crippen molar-refractivity contribution in [3.05, 3.63) is 89.5 Å². The zero-order chi connectivity index (χ0) is 26.3. The van der Waals surface area contributed by atoms with E-state index in [1.165, 1.54) is 23.6 Å². The van der Waals surface area contributed by atoms with E-state index in [1.807, 2.05) is 24.3 Å². The highest BCUT2D eigenvalue weighted by Gasteiger charge is 2.52. The third kappa shape index (κ3) is 4.64. The molecule has 1 N–H and O–H groups in total. The van der Waals surface area contributed by atoms with Crippen LogP contribution in [-0.2, 0) is 28.9 Å². The number of amides is 1. The van der Waals surface area contributed by atoms with Crippen LogP contribution in [0.1, 0.15) is 43.9 Å². The molecule has 2 heterocycles. The Labute approximate surface area is 222 Å². The standard InChI is InChI=1S/C31H32N4O3/c1-21(36)32-27-13-11-24(12-14-27)28-33-34-29(38-28)25-10-9-23-15-16-31(18-26(23)17-25)20-37-30(2,3)35(31)19-22-7-5-4-6-8-22/h4-14,17H,15-16,18-20H2,1-3H3,(H,32,36). The van der Waals surface area contributed by atoms with Crippen LogP contribution in [-0.4, -0.2) is 38.9 Å². The lowest BCUT2D eigenvalue weighted by Crippen LogP contribution is -2.54. The molecule has 38 heavy (non-hydrogen) atoms. The van der Waals surface area contributed by atoms with Crippen LogP contribution in [0.3, 0.4) is 0 Å². The van der Waals surface area contributed by atoms with Gasteiger partial charge in [-0.05, 0) is 86.2 Å². The van der Waals surface area contributed by atoms with E-state index >= 15 is 0 Å². The Morgan fingerprint density at radius 3 is 2.39 bits per heavy atom. The number of carbonyl (C=O) groups excluding carboxylic acids is 1. The van der Waals surface area contributed by atoms with Crippen LogP contribution in [0.15, 0.2) is 77.2 Å². The molecule has 2 aliphatic rings. The Morgan fingerprint density at radius 2 is 1.66 bits per heavy atom. The molecule has 1 aliphatic heterocycles. The zero-order valence-electron chi connectivity index (χ0n) is 22.0. The van der Waals surface area contributed by atoms with Gasteiger partial charge in [0, 0.05) is 30.3 Å². The number of fused-ring (bicyclic) bond motifs is 1. The fraction of sp³-hybridized carbons (Fsp3) is 0.323. The van der Waals surface area contributed by atoms with E-state index in [2.05, 4.69) is 82.8 Å². The number of nitrogens with one attached hydrogen (secondary N) is 1. The first-order valence-electron chi connectivity index (χ1n) is 13.1. The molecular formula is C31H32N4O3. The van der Waals surface area contributed by atoms with Gasteiger partial charge >= 0.3 is 0 Å². The van der Waals surface area contributed by atoms with E-state index in [-0.39, 0.29) is 17.2 Å². The number of ether oxygens (including phenoxy) is 1. The third-order valence-electron chi connectivity index (χ3n) is 7.81. The van der Waals surface area contributed by atoms with Crippen molar-refractivity contribution >= 4 is 11.6 Å². The molecular weight excluding hydrogens is 476 g/mol. The molecule has 1 unspecified atom stereocenters. The SMILES string of the molecule is CC(=O)Nc1ccc(-c2nnc(-c3ccc4c(c3)CC3(CC4)COC(C)(C)N3Cc3ccccc3)o2)cc1. The summed E-state index contributed by atoms with van der Waals surface area (Å²) in [5, 5.41) is 11.4. The van der Waals surface area contributed by atoms with E-state index in [1.54, 1.807) is 0 Å². The van der Waals surface area contributed by atoms with Gasteiger partial charge in [0.2, 0.25) is 17.7 Å². The average Bonchev–Trinajstić information content (AvgIpc) is 3.49. The van der Waals surface area contributed by atoms with Gasteiger partial charge in [-0.3, -0.25) is 9.69 Å². The van der Waals surface area contributed by atoms with Crippen molar-refractivity contribution in [2.45, 2.75) is 57.8 Å². The van der Waals surface area contributed by atoms with Gasteiger partial charge < -0.3 is 14.5 Å². The second-order valence-corrected chi connectivity index (χ2v) is 10.9. The van der Waals surface area contributed by atoms with Gasteiger partial charge in [-0.2, -0.15) is 0 Å². The van der Waals surface area contributed by atoms with Crippen molar-refractivity contribution in [1.29, 1.82) is 0 Å². The fourth-order valence-corrected chi connectivity index (χ4v) is 5.85. The molecule has 1 atom stereocenters. The van der Waals surface area contributed by atoms with E-state index in [0.717, 1.165) is 49.2 Å². The Morgan fingerprint density at radius 1 is 0.947 bits per heavy atom. The molecule has 4 aromatic rings. The van der Waals surface area contributed by atoms with Crippen molar-refractivity contribution < 1.29 is 13.9 Å². The van der Waals surface area contributed by atoms with Crippen LogP contribution in [0.4, 0.5) is 5.69 Å². The summed E-state index contributed by atoms with van der Waals surface area (Å²) in [7, 11) is 0. The second kappa shape index (κ2) is 9.49. The number of aromatic nitrogens is 2. The first-order chi connectivity index (χ1) is 18.3. The molecule has 1 saturated heterocycles. The number of benzene rings is 3. The van der Waals surface area contributed by atoms with Crippen LogP contribution in [0.25, 0.3) is 22.9 Å². The molecule has 1 amide bonds.